The van der Waals surface area contributed by atoms with Crippen molar-refractivity contribution in [2.45, 2.75) is 112 Å². The van der Waals surface area contributed by atoms with Crippen molar-refractivity contribution in [3.8, 4) is 5.75 Å². The van der Waals surface area contributed by atoms with Gasteiger partial charge in [0.1, 0.15) is 5.75 Å². The fourth-order valence-electron chi connectivity index (χ4n) is 3.94. The number of hydrogen-bond donors (Lipinski definition) is 2. The molecule has 32 heavy (non-hydrogen) atoms. The molecule has 7 nitrogen and oxygen atoms in total. The molecule has 0 unspecified atom stereocenters. The monoisotopic (exact) mass is 470 g/mol. The third kappa shape index (κ3) is 8.36. The van der Waals surface area contributed by atoms with Gasteiger partial charge in [0.05, 0.1) is 0 Å². The minimum atomic E-state index is -3.58. The van der Waals surface area contributed by atoms with E-state index >= 15 is 0 Å². The summed E-state index contributed by atoms with van der Waals surface area (Å²) in [5, 5.41) is 4.11. The van der Waals surface area contributed by atoms with E-state index in [1.807, 2.05) is 6.92 Å². The number of esters is 1. The Hall–Kier alpha value is -1.08. The second-order valence-electron chi connectivity index (χ2n) is 9.48. The lowest BCUT2D eigenvalue weighted by atomic mass is 10.2. The van der Waals surface area contributed by atoms with Crippen LogP contribution in [0, 0.1) is 0 Å². The van der Waals surface area contributed by atoms with Gasteiger partial charge in [-0.05, 0) is 79.5 Å². The summed E-state index contributed by atoms with van der Waals surface area (Å²) in [6.45, 7) is 18.5. The van der Waals surface area contributed by atoms with Crippen LogP contribution in [0.3, 0.4) is 0 Å². The Morgan fingerprint density at radius 2 is 1.31 bits per heavy atom. The average Bonchev–Trinajstić information content (AvgIpc) is 2.66. The third-order valence-corrected chi connectivity index (χ3v) is 6.88. The van der Waals surface area contributed by atoms with Crippen LogP contribution < -0.4 is 4.74 Å². The molecule has 0 fully saturated rings. The van der Waals surface area contributed by atoms with Crippen LogP contribution >= 0.6 is 7.87 Å². The SMILES string of the molecule is CCCCC(=O)Oc1ccc(C[P+](O)(O)N(N(C(C)C)C(C)C)N(C(C)C)C(C)C)cc1. The fourth-order valence-corrected chi connectivity index (χ4v) is 6.26. The Balaban J connectivity index is 3.18. The first-order valence-electron chi connectivity index (χ1n) is 11.8. The van der Waals surface area contributed by atoms with Gasteiger partial charge in [0.25, 0.3) is 0 Å². The van der Waals surface area contributed by atoms with Crippen molar-refractivity contribution in [2.75, 3.05) is 0 Å². The quantitative estimate of drug-likeness (QED) is 0.173. The highest BCUT2D eigenvalue weighted by Crippen LogP contribution is 2.59. The topological polar surface area (TPSA) is 76.5 Å². The maximum atomic E-state index is 11.9. The van der Waals surface area contributed by atoms with Crippen LogP contribution in [0.4, 0.5) is 0 Å². The lowest BCUT2D eigenvalue weighted by Crippen LogP contribution is -2.61. The van der Waals surface area contributed by atoms with Crippen LogP contribution in [0.1, 0.15) is 87.1 Å². The first-order chi connectivity index (χ1) is 14.8. The molecule has 184 valence electrons. The van der Waals surface area contributed by atoms with Gasteiger partial charge in [0.15, 0.2) is 6.16 Å². The normalized spacial score (nSPS) is 12.9. The average molecular weight is 471 g/mol. The highest BCUT2D eigenvalue weighted by atomic mass is 31.2. The highest BCUT2D eigenvalue weighted by Gasteiger charge is 2.52. The summed E-state index contributed by atoms with van der Waals surface area (Å²) >= 11 is 0. The van der Waals surface area contributed by atoms with Gasteiger partial charge in [-0.3, -0.25) is 4.79 Å². The molecule has 0 aromatic heterocycles. The van der Waals surface area contributed by atoms with Crippen LogP contribution in [-0.4, -0.2) is 54.8 Å². The number of unbranched alkanes of at least 4 members (excludes halogenated alkanes) is 1. The van der Waals surface area contributed by atoms with Crippen LogP contribution in [-0.2, 0) is 11.0 Å². The molecule has 0 radical (unpaired) electrons. The first kappa shape index (κ1) is 29.0. The molecule has 1 aromatic carbocycles. The van der Waals surface area contributed by atoms with Gasteiger partial charge < -0.3 is 4.74 Å². The maximum absolute atomic E-state index is 11.9. The molecule has 0 heterocycles. The van der Waals surface area contributed by atoms with E-state index in [0.29, 0.717) is 12.2 Å². The minimum Gasteiger partial charge on any atom is -0.427 e. The number of rotatable bonds is 13. The van der Waals surface area contributed by atoms with Gasteiger partial charge in [0, 0.05) is 35.5 Å². The molecule has 0 saturated heterocycles. The molecule has 0 aliphatic carbocycles. The number of carbonyl (C=O) groups excluding carboxylic acids is 1. The molecule has 1 rings (SSSR count). The molecular formula is C24H45N3O4P+. The zero-order valence-electron chi connectivity index (χ0n) is 21.4. The van der Waals surface area contributed by atoms with E-state index in [4.69, 9.17) is 4.74 Å². The molecule has 2 N–H and O–H groups in total. The second-order valence-corrected chi connectivity index (χ2v) is 11.5. The van der Waals surface area contributed by atoms with E-state index < -0.39 is 7.87 Å². The smallest absolute Gasteiger partial charge is 0.377 e. The van der Waals surface area contributed by atoms with Gasteiger partial charge >= 0.3 is 13.8 Å². The predicted molar refractivity (Wildman–Crippen MR) is 133 cm³/mol. The molecular weight excluding hydrogens is 425 g/mol. The highest BCUT2D eigenvalue weighted by molar-refractivity contribution is 7.61. The van der Waals surface area contributed by atoms with Gasteiger partial charge in [-0.25, -0.2) is 0 Å². The molecule has 0 saturated carbocycles. The van der Waals surface area contributed by atoms with Crippen LogP contribution in [0.2, 0.25) is 0 Å². The van der Waals surface area contributed by atoms with Crippen LogP contribution in [0.15, 0.2) is 24.3 Å². The molecule has 0 aliphatic rings. The first-order valence-corrected chi connectivity index (χ1v) is 13.6. The number of carbonyl (C=O) groups is 1. The second kappa shape index (κ2) is 13.0. The lowest BCUT2D eigenvalue weighted by molar-refractivity contribution is -0.184. The Bertz CT molecular complexity index is 657. The van der Waals surface area contributed by atoms with Gasteiger partial charge in [-0.2, -0.15) is 19.8 Å². The summed E-state index contributed by atoms with van der Waals surface area (Å²) in [5.41, 5.74) is 0.779. The predicted octanol–water partition coefficient (Wildman–Crippen LogP) is 5.40. The summed E-state index contributed by atoms with van der Waals surface area (Å²) in [7, 11) is -3.58. The zero-order valence-corrected chi connectivity index (χ0v) is 22.3. The van der Waals surface area contributed by atoms with Crippen molar-refractivity contribution in [3.63, 3.8) is 0 Å². The standard InChI is InChI=1S/C24H45N3O4P/c1-10-11-12-24(28)31-23-15-13-22(14-16-23)17-32(29,30)27(25(18(2)3)19(4)5)26(20(6)7)21(8)9/h13-16,18-21,29-30H,10-12,17H2,1-9H3/q+1. The number of benzene rings is 1. The molecule has 0 aliphatic heterocycles. The largest absolute Gasteiger partial charge is 0.427 e. The van der Waals surface area contributed by atoms with Crippen molar-refractivity contribution in [2.24, 2.45) is 0 Å². The number of hydrogen-bond acceptors (Lipinski definition) is 7. The van der Waals surface area contributed by atoms with Crippen LogP contribution in [0.5, 0.6) is 5.75 Å². The number of hydrazine groups is 2. The van der Waals surface area contributed by atoms with Crippen molar-refractivity contribution < 1.29 is 19.3 Å². The molecule has 0 amide bonds. The van der Waals surface area contributed by atoms with E-state index in [9.17, 15) is 14.6 Å². The summed E-state index contributed by atoms with van der Waals surface area (Å²) < 4.78 is 5.37. The Morgan fingerprint density at radius 3 is 1.69 bits per heavy atom. The van der Waals surface area contributed by atoms with E-state index in [1.54, 1.807) is 29.2 Å². The minimum absolute atomic E-state index is 0.0820. The fraction of sp³-hybridized carbons (Fsp3) is 0.708. The Labute approximate surface area is 195 Å². The molecule has 0 bridgehead atoms. The van der Waals surface area contributed by atoms with E-state index in [2.05, 4.69) is 65.4 Å². The molecule has 0 atom stereocenters. The lowest BCUT2D eigenvalue weighted by Gasteiger charge is -2.47. The summed E-state index contributed by atoms with van der Waals surface area (Å²) in [6, 6.07) is 7.36. The van der Waals surface area contributed by atoms with E-state index in [1.165, 1.54) is 0 Å². The van der Waals surface area contributed by atoms with Crippen molar-refractivity contribution >= 4 is 13.8 Å². The van der Waals surface area contributed by atoms with Crippen molar-refractivity contribution in [1.29, 1.82) is 0 Å². The zero-order chi connectivity index (χ0) is 24.6. The molecule has 8 heteroatoms. The Kier molecular flexibility index (Phi) is 11.7. The number of ether oxygens (including phenoxy) is 1. The summed E-state index contributed by atoms with van der Waals surface area (Å²) in [4.78, 5) is 36.6. The number of nitrogens with zero attached hydrogens (tertiary/aromatic N) is 3. The van der Waals surface area contributed by atoms with Crippen LogP contribution in [0.25, 0.3) is 0 Å². The van der Waals surface area contributed by atoms with E-state index in [0.717, 1.165) is 18.4 Å². The Morgan fingerprint density at radius 1 is 0.875 bits per heavy atom. The van der Waals surface area contributed by atoms with Gasteiger partial charge in [-0.15, -0.1) is 0 Å². The summed E-state index contributed by atoms with van der Waals surface area (Å²) in [6.07, 6.45) is 2.24. The van der Waals surface area contributed by atoms with Crippen molar-refractivity contribution in [1.82, 2.24) is 14.9 Å². The van der Waals surface area contributed by atoms with E-state index in [-0.39, 0.29) is 36.3 Å². The van der Waals surface area contributed by atoms with Gasteiger partial charge in [0.2, 0.25) is 0 Å². The third-order valence-electron chi connectivity index (χ3n) is 5.10. The van der Waals surface area contributed by atoms with Crippen molar-refractivity contribution in [3.05, 3.63) is 29.8 Å². The molecule has 0 spiro atoms. The molecule has 1 aromatic rings. The summed E-state index contributed by atoms with van der Waals surface area (Å²) in [5.74, 6) is 0.231. The van der Waals surface area contributed by atoms with Gasteiger partial charge in [-0.1, -0.05) is 25.5 Å². The maximum Gasteiger partial charge on any atom is 0.377 e.